The van der Waals surface area contributed by atoms with Gasteiger partial charge in [-0.3, -0.25) is 0 Å². The van der Waals surface area contributed by atoms with Crippen LogP contribution < -0.4 is 5.32 Å². The molecule has 7 heteroatoms. The summed E-state index contributed by atoms with van der Waals surface area (Å²) in [4.78, 5) is 3.99. The van der Waals surface area contributed by atoms with Crippen molar-refractivity contribution >= 4 is 26.7 Å². The first-order valence-electron chi connectivity index (χ1n) is 4.81. The van der Waals surface area contributed by atoms with Crippen LogP contribution in [0, 0.1) is 5.82 Å². The van der Waals surface area contributed by atoms with Gasteiger partial charge < -0.3 is 5.32 Å². The average Bonchev–Trinajstić information content (AvgIpc) is 2.57. The Morgan fingerprint density at radius 3 is 2.76 bits per heavy atom. The number of benzene rings is 1. The molecule has 92 valence electrons. The molecule has 17 heavy (non-hydrogen) atoms. The van der Waals surface area contributed by atoms with Gasteiger partial charge in [-0.1, -0.05) is 11.3 Å². The first-order valence-corrected chi connectivity index (χ1v) is 5.62. The van der Waals surface area contributed by atoms with Gasteiger partial charge >= 0.3 is 6.18 Å². The Bertz CT molecular complexity index is 520. The lowest BCUT2D eigenvalue weighted by Gasteiger charge is -2.05. The van der Waals surface area contributed by atoms with Crippen LogP contribution in [0.4, 0.5) is 22.7 Å². The van der Waals surface area contributed by atoms with Gasteiger partial charge in [0.25, 0.3) is 0 Å². The summed E-state index contributed by atoms with van der Waals surface area (Å²) in [6, 6.07) is 4.10. The maximum Gasteiger partial charge on any atom is 0.390 e. The molecular weight excluding hydrogens is 256 g/mol. The van der Waals surface area contributed by atoms with E-state index in [1.54, 1.807) is 6.07 Å². The van der Waals surface area contributed by atoms with Gasteiger partial charge in [-0.25, -0.2) is 9.37 Å². The fraction of sp³-hybridized carbons (Fsp3) is 0.300. The number of alkyl halides is 3. The van der Waals surface area contributed by atoms with Crippen LogP contribution in [-0.2, 0) is 0 Å². The fourth-order valence-electron chi connectivity index (χ4n) is 1.29. The van der Waals surface area contributed by atoms with Gasteiger partial charge in [0.05, 0.1) is 16.6 Å². The highest BCUT2D eigenvalue weighted by Gasteiger charge is 2.26. The molecule has 0 saturated carbocycles. The van der Waals surface area contributed by atoms with Crippen molar-refractivity contribution in [1.29, 1.82) is 0 Å². The molecule has 1 N–H and O–H groups in total. The number of aromatic nitrogens is 1. The highest BCUT2D eigenvalue weighted by Crippen LogP contribution is 2.27. The minimum atomic E-state index is -4.18. The summed E-state index contributed by atoms with van der Waals surface area (Å²) in [6.45, 7) is -0.230. The van der Waals surface area contributed by atoms with E-state index in [0.717, 1.165) is 4.70 Å². The number of hydrogen-bond acceptors (Lipinski definition) is 3. The molecule has 0 aliphatic rings. The number of halogens is 4. The molecule has 0 amide bonds. The van der Waals surface area contributed by atoms with E-state index in [-0.39, 0.29) is 6.54 Å². The smallest absolute Gasteiger partial charge is 0.361 e. The molecule has 2 aromatic rings. The molecule has 0 atom stereocenters. The predicted molar refractivity (Wildman–Crippen MR) is 58.7 cm³/mol. The van der Waals surface area contributed by atoms with Crippen LogP contribution in [0.3, 0.4) is 0 Å². The highest BCUT2D eigenvalue weighted by molar-refractivity contribution is 7.22. The van der Waals surface area contributed by atoms with Gasteiger partial charge in [0.15, 0.2) is 5.13 Å². The summed E-state index contributed by atoms with van der Waals surface area (Å²) in [5.41, 5.74) is 0.449. The summed E-state index contributed by atoms with van der Waals surface area (Å²) < 4.78 is 49.3. The molecule has 1 heterocycles. The molecule has 0 spiro atoms. The Morgan fingerprint density at radius 1 is 1.29 bits per heavy atom. The van der Waals surface area contributed by atoms with Crippen LogP contribution in [0.1, 0.15) is 6.42 Å². The zero-order chi connectivity index (χ0) is 12.5. The Hall–Kier alpha value is -1.37. The van der Waals surface area contributed by atoms with Gasteiger partial charge in [-0.15, -0.1) is 0 Å². The van der Waals surface area contributed by atoms with Crippen molar-refractivity contribution in [3.05, 3.63) is 24.0 Å². The van der Waals surface area contributed by atoms with Gasteiger partial charge in [0.1, 0.15) is 5.82 Å². The molecule has 0 saturated heterocycles. The van der Waals surface area contributed by atoms with Crippen LogP contribution in [0.5, 0.6) is 0 Å². The SMILES string of the molecule is Fc1ccc2sc(NCCC(F)(F)F)nc2c1. The molecule has 0 fully saturated rings. The van der Waals surface area contributed by atoms with Crippen molar-refractivity contribution in [3.63, 3.8) is 0 Å². The molecule has 0 unspecified atom stereocenters. The molecule has 0 radical (unpaired) electrons. The minimum Gasteiger partial charge on any atom is -0.361 e. The minimum absolute atomic E-state index is 0.230. The van der Waals surface area contributed by atoms with Crippen LogP contribution >= 0.6 is 11.3 Å². The van der Waals surface area contributed by atoms with E-state index in [0.29, 0.717) is 10.6 Å². The van der Waals surface area contributed by atoms with Crippen molar-refractivity contribution in [2.24, 2.45) is 0 Å². The van der Waals surface area contributed by atoms with Crippen molar-refractivity contribution in [2.75, 3.05) is 11.9 Å². The van der Waals surface area contributed by atoms with E-state index in [2.05, 4.69) is 10.3 Å². The second-order valence-corrected chi connectivity index (χ2v) is 4.45. The molecule has 0 aliphatic heterocycles. The lowest BCUT2D eigenvalue weighted by atomic mass is 10.3. The van der Waals surface area contributed by atoms with E-state index in [1.165, 1.54) is 23.5 Å². The van der Waals surface area contributed by atoms with Crippen molar-refractivity contribution in [3.8, 4) is 0 Å². The second-order valence-electron chi connectivity index (χ2n) is 3.42. The molecule has 1 aromatic heterocycles. The third kappa shape index (κ3) is 3.29. The van der Waals surface area contributed by atoms with Crippen LogP contribution in [0.15, 0.2) is 18.2 Å². The lowest BCUT2D eigenvalue weighted by molar-refractivity contribution is -0.131. The van der Waals surface area contributed by atoms with Gasteiger partial charge in [0.2, 0.25) is 0 Å². The zero-order valence-electron chi connectivity index (χ0n) is 8.51. The predicted octanol–water partition coefficient (Wildman–Crippen LogP) is 3.80. The maximum absolute atomic E-state index is 12.8. The number of anilines is 1. The van der Waals surface area contributed by atoms with Gasteiger partial charge in [-0.05, 0) is 12.1 Å². The second kappa shape index (κ2) is 4.48. The van der Waals surface area contributed by atoms with E-state index in [4.69, 9.17) is 0 Å². The molecule has 0 aliphatic carbocycles. The number of thiazole rings is 1. The largest absolute Gasteiger partial charge is 0.390 e. The van der Waals surface area contributed by atoms with E-state index in [9.17, 15) is 17.6 Å². The number of rotatable bonds is 3. The Balaban J connectivity index is 2.05. The van der Waals surface area contributed by atoms with Crippen LogP contribution in [0.25, 0.3) is 10.2 Å². The topological polar surface area (TPSA) is 24.9 Å². The number of nitrogens with zero attached hydrogens (tertiary/aromatic N) is 1. The number of hydrogen-bond donors (Lipinski definition) is 1. The Morgan fingerprint density at radius 2 is 2.06 bits per heavy atom. The molecule has 2 nitrogen and oxygen atoms in total. The zero-order valence-corrected chi connectivity index (χ0v) is 9.33. The third-order valence-corrected chi connectivity index (χ3v) is 3.03. The highest BCUT2D eigenvalue weighted by atomic mass is 32.1. The summed E-state index contributed by atoms with van der Waals surface area (Å²) in [5, 5.41) is 2.95. The molecule has 1 aromatic carbocycles. The van der Waals surface area contributed by atoms with Crippen molar-refractivity contribution in [2.45, 2.75) is 12.6 Å². The molecule has 2 rings (SSSR count). The Labute approximate surface area is 98.3 Å². The van der Waals surface area contributed by atoms with Crippen LogP contribution in [-0.4, -0.2) is 17.7 Å². The molecular formula is C10H8F4N2S. The van der Waals surface area contributed by atoms with Crippen molar-refractivity contribution < 1.29 is 17.6 Å². The van der Waals surface area contributed by atoms with Crippen molar-refractivity contribution in [1.82, 2.24) is 4.98 Å². The third-order valence-electron chi connectivity index (χ3n) is 2.03. The van der Waals surface area contributed by atoms with E-state index in [1.807, 2.05) is 0 Å². The molecule has 0 bridgehead atoms. The normalized spacial score (nSPS) is 12.0. The van der Waals surface area contributed by atoms with Gasteiger partial charge in [0, 0.05) is 12.6 Å². The van der Waals surface area contributed by atoms with Gasteiger partial charge in [-0.2, -0.15) is 13.2 Å². The lowest BCUT2D eigenvalue weighted by Crippen LogP contribution is -2.14. The Kier molecular flexibility index (Phi) is 3.19. The summed E-state index contributed by atoms with van der Waals surface area (Å²) >= 11 is 1.20. The number of nitrogens with one attached hydrogen (secondary N) is 1. The first kappa shape index (κ1) is 12.1. The first-order chi connectivity index (χ1) is 7.94. The van der Waals surface area contributed by atoms with E-state index >= 15 is 0 Å². The quantitative estimate of drug-likeness (QED) is 0.853. The maximum atomic E-state index is 12.8. The number of fused-ring (bicyclic) bond motifs is 1. The summed E-state index contributed by atoms with van der Waals surface area (Å²) in [5.74, 6) is -0.412. The standard InChI is InChI=1S/C10H8F4N2S/c11-6-1-2-8-7(5-6)16-9(17-8)15-4-3-10(12,13)14/h1-2,5H,3-4H2,(H,15,16). The average molecular weight is 264 g/mol. The monoisotopic (exact) mass is 264 g/mol. The summed E-state index contributed by atoms with van der Waals surface area (Å²) in [6.07, 6.45) is -5.10. The van der Waals surface area contributed by atoms with E-state index < -0.39 is 18.4 Å². The summed E-state index contributed by atoms with van der Waals surface area (Å²) in [7, 11) is 0. The fourth-order valence-corrected chi connectivity index (χ4v) is 2.16. The van der Waals surface area contributed by atoms with Crippen LogP contribution in [0.2, 0.25) is 0 Å².